The second-order valence-corrected chi connectivity index (χ2v) is 3.34. The fourth-order valence-corrected chi connectivity index (χ4v) is 1.13. The van der Waals surface area contributed by atoms with Gasteiger partial charge in [0.25, 0.3) is 0 Å². The number of hydrogen-bond acceptors (Lipinski definition) is 3. The van der Waals surface area contributed by atoms with Crippen LogP contribution in [0.4, 0.5) is 0 Å². The van der Waals surface area contributed by atoms with Crippen LogP contribution in [0.2, 0.25) is 0 Å². The number of aliphatic hydroxyl groups is 1. The summed E-state index contributed by atoms with van der Waals surface area (Å²) in [5.41, 5.74) is 0. The highest BCUT2D eigenvalue weighted by molar-refractivity contribution is 4.90. The Morgan fingerprint density at radius 1 is 1.46 bits per heavy atom. The molecule has 0 aliphatic heterocycles. The zero-order valence-electron chi connectivity index (χ0n) is 8.25. The van der Waals surface area contributed by atoms with Gasteiger partial charge < -0.3 is 5.11 Å². The van der Waals surface area contributed by atoms with Crippen LogP contribution in [-0.4, -0.2) is 26.4 Å². The van der Waals surface area contributed by atoms with Gasteiger partial charge in [-0.1, -0.05) is 6.92 Å². The van der Waals surface area contributed by atoms with Gasteiger partial charge in [-0.15, -0.1) is 0 Å². The zero-order chi connectivity index (χ0) is 9.68. The van der Waals surface area contributed by atoms with Crippen LogP contribution in [-0.2, 0) is 12.8 Å². The first kappa shape index (κ1) is 10.2. The van der Waals surface area contributed by atoms with Crippen LogP contribution < -0.4 is 0 Å². The van der Waals surface area contributed by atoms with E-state index in [0.29, 0.717) is 0 Å². The van der Waals surface area contributed by atoms with Crippen LogP contribution in [0.25, 0.3) is 0 Å². The SMILES string of the molecule is CCCc1nc(CCC(C)O)n[nH]1. The van der Waals surface area contributed by atoms with Crippen molar-refractivity contribution in [3.8, 4) is 0 Å². The molecule has 1 atom stereocenters. The average Bonchev–Trinajstić information content (AvgIpc) is 2.50. The van der Waals surface area contributed by atoms with Crippen molar-refractivity contribution >= 4 is 0 Å². The Kier molecular flexibility index (Phi) is 3.89. The summed E-state index contributed by atoms with van der Waals surface area (Å²) in [6.07, 6.45) is 3.22. The first-order chi connectivity index (χ1) is 6.22. The van der Waals surface area contributed by atoms with E-state index in [9.17, 15) is 0 Å². The molecule has 1 unspecified atom stereocenters. The highest BCUT2D eigenvalue weighted by Gasteiger charge is 2.03. The Morgan fingerprint density at radius 2 is 2.23 bits per heavy atom. The molecule has 0 radical (unpaired) electrons. The maximum absolute atomic E-state index is 9.06. The van der Waals surface area contributed by atoms with Crippen molar-refractivity contribution in [1.29, 1.82) is 0 Å². The van der Waals surface area contributed by atoms with Gasteiger partial charge in [0.15, 0.2) is 5.82 Å². The lowest BCUT2D eigenvalue weighted by molar-refractivity contribution is 0.184. The Morgan fingerprint density at radius 3 is 2.85 bits per heavy atom. The summed E-state index contributed by atoms with van der Waals surface area (Å²) in [4.78, 5) is 4.29. The van der Waals surface area contributed by atoms with Gasteiger partial charge in [-0.2, -0.15) is 5.10 Å². The van der Waals surface area contributed by atoms with Gasteiger partial charge >= 0.3 is 0 Å². The summed E-state index contributed by atoms with van der Waals surface area (Å²) in [6.45, 7) is 3.89. The molecule has 1 aromatic heterocycles. The van der Waals surface area contributed by atoms with Crippen LogP contribution in [0.1, 0.15) is 38.3 Å². The van der Waals surface area contributed by atoms with Crippen molar-refractivity contribution < 1.29 is 5.11 Å². The Labute approximate surface area is 78.4 Å². The van der Waals surface area contributed by atoms with E-state index in [2.05, 4.69) is 22.1 Å². The molecule has 0 spiro atoms. The molecule has 0 aromatic carbocycles. The second-order valence-electron chi connectivity index (χ2n) is 3.34. The monoisotopic (exact) mass is 183 g/mol. The van der Waals surface area contributed by atoms with E-state index < -0.39 is 0 Å². The predicted octanol–water partition coefficient (Wildman–Crippen LogP) is 1.07. The van der Waals surface area contributed by atoms with Crippen molar-refractivity contribution in [2.24, 2.45) is 0 Å². The fourth-order valence-electron chi connectivity index (χ4n) is 1.13. The summed E-state index contributed by atoms with van der Waals surface area (Å²) < 4.78 is 0. The number of nitrogens with zero attached hydrogens (tertiary/aromatic N) is 2. The van der Waals surface area contributed by atoms with Gasteiger partial charge in [0.2, 0.25) is 0 Å². The highest BCUT2D eigenvalue weighted by atomic mass is 16.3. The molecule has 1 rings (SSSR count). The Hall–Kier alpha value is -0.900. The Bertz CT molecular complexity index is 245. The maximum atomic E-state index is 9.06. The molecule has 0 aliphatic carbocycles. The van der Waals surface area contributed by atoms with Crippen molar-refractivity contribution in [1.82, 2.24) is 15.2 Å². The van der Waals surface area contributed by atoms with Crippen LogP contribution >= 0.6 is 0 Å². The summed E-state index contributed by atoms with van der Waals surface area (Å²) in [6, 6.07) is 0. The van der Waals surface area contributed by atoms with Crippen LogP contribution in [0, 0.1) is 0 Å². The van der Waals surface area contributed by atoms with Crippen molar-refractivity contribution in [3.05, 3.63) is 11.6 Å². The molecule has 0 amide bonds. The number of aromatic amines is 1. The van der Waals surface area contributed by atoms with E-state index in [1.54, 1.807) is 6.92 Å². The lowest BCUT2D eigenvalue weighted by atomic mass is 10.2. The highest BCUT2D eigenvalue weighted by Crippen LogP contribution is 2.01. The molecular weight excluding hydrogens is 166 g/mol. The van der Waals surface area contributed by atoms with E-state index in [1.807, 2.05) is 0 Å². The molecule has 13 heavy (non-hydrogen) atoms. The quantitative estimate of drug-likeness (QED) is 0.717. The predicted molar refractivity (Wildman–Crippen MR) is 50.4 cm³/mol. The summed E-state index contributed by atoms with van der Waals surface area (Å²) in [5, 5.41) is 16.0. The topological polar surface area (TPSA) is 61.8 Å². The van der Waals surface area contributed by atoms with Gasteiger partial charge in [0, 0.05) is 12.8 Å². The molecule has 0 bridgehead atoms. The average molecular weight is 183 g/mol. The van der Waals surface area contributed by atoms with Crippen molar-refractivity contribution in [3.63, 3.8) is 0 Å². The number of nitrogens with one attached hydrogen (secondary N) is 1. The molecule has 4 heteroatoms. The largest absolute Gasteiger partial charge is 0.393 e. The summed E-state index contributed by atoms with van der Waals surface area (Å²) in [5.74, 6) is 1.76. The summed E-state index contributed by atoms with van der Waals surface area (Å²) in [7, 11) is 0. The number of hydrogen-bond donors (Lipinski definition) is 2. The van der Waals surface area contributed by atoms with E-state index in [1.165, 1.54) is 0 Å². The van der Waals surface area contributed by atoms with Gasteiger partial charge in [0.1, 0.15) is 5.82 Å². The van der Waals surface area contributed by atoms with Gasteiger partial charge in [0.05, 0.1) is 6.10 Å². The Balaban J connectivity index is 2.39. The van der Waals surface area contributed by atoms with Crippen LogP contribution in [0.5, 0.6) is 0 Å². The van der Waals surface area contributed by atoms with Gasteiger partial charge in [-0.25, -0.2) is 4.98 Å². The standard InChI is InChI=1S/C9H17N3O/c1-3-4-8-10-9(12-11-8)6-5-7(2)13/h7,13H,3-6H2,1-2H3,(H,10,11,12). The minimum Gasteiger partial charge on any atom is -0.393 e. The molecule has 1 aromatic rings. The van der Waals surface area contributed by atoms with Crippen molar-refractivity contribution in [2.75, 3.05) is 0 Å². The molecular formula is C9H17N3O. The zero-order valence-corrected chi connectivity index (χ0v) is 8.25. The third-order valence-electron chi connectivity index (χ3n) is 1.85. The molecule has 2 N–H and O–H groups in total. The second kappa shape index (κ2) is 4.97. The van der Waals surface area contributed by atoms with E-state index >= 15 is 0 Å². The first-order valence-electron chi connectivity index (χ1n) is 4.80. The lowest BCUT2D eigenvalue weighted by Gasteiger charge is -1.98. The van der Waals surface area contributed by atoms with E-state index in [-0.39, 0.29) is 6.10 Å². The number of H-pyrrole nitrogens is 1. The molecule has 0 fully saturated rings. The fraction of sp³-hybridized carbons (Fsp3) is 0.778. The number of aryl methyl sites for hydroxylation is 2. The number of rotatable bonds is 5. The first-order valence-corrected chi connectivity index (χ1v) is 4.80. The molecule has 4 nitrogen and oxygen atoms in total. The molecule has 1 heterocycles. The molecule has 0 saturated carbocycles. The lowest BCUT2D eigenvalue weighted by Crippen LogP contribution is -2.02. The molecule has 74 valence electrons. The van der Waals surface area contributed by atoms with Gasteiger partial charge in [-0.3, -0.25) is 5.10 Å². The third-order valence-corrected chi connectivity index (χ3v) is 1.85. The van der Waals surface area contributed by atoms with Crippen molar-refractivity contribution in [2.45, 2.75) is 45.6 Å². The van der Waals surface area contributed by atoms with Crippen LogP contribution in [0.15, 0.2) is 0 Å². The minimum atomic E-state index is -0.270. The van der Waals surface area contributed by atoms with E-state index in [0.717, 1.165) is 37.3 Å². The normalized spacial score (nSPS) is 13.2. The minimum absolute atomic E-state index is 0.270. The number of aliphatic hydroxyl groups excluding tert-OH is 1. The molecule has 0 aliphatic rings. The third kappa shape index (κ3) is 3.55. The van der Waals surface area contributed by atoms with Crippen LogP contribution in [0.3, 0.4) is 0 Å². The summed E-state index contributed by atoms with van der Waals surface area (Å²) >= 11 is 0. The smallest absolute Gasteiger partial charge is 0.150 e. The molecule has 0 saturated heterocycles. The van der Waals surface area contributed by atoms with E-state index in [4.69, 9.17) is 5.11 Å². The van der Waals surface area contributed by atoms with Gasteiger partial charge in [-0.05, 0) is 19.8 Å². The number of aromatic nitrogens is 3. The maximum Gasteiger partial charge on any atom is 0.150 e.